The molecule has 0 fully saturated rings. The van der Waals surface area contributed by atoms with E-state index in [1.807, 2.05) is 6.07 Å². The summed E-state index contributed by atoms with van der Waals surface area (Å²) in [6.45, 7) is 0.0944. The Morgan fingerprint density at radius 2 is 1.70 bits per heavy atom. The van der Waals surface area contributed by atoms with Gasteiger partial charge in [-0.3, -0.25) is 0 Å². The molecular formula is C20H17NO6. The summed E-state index contributed by atoms with van der Waals surface area (Å²) >= 11 is 0. The largest absolute Gasteiger partial charge is 0.504 e. The number of ether oxygens (including phenoxy) is 4. The molecule has 27 heavy (non-hydrogen) atoms. The fraction of sp³-hybridized carbons (Fsp3) is 0.200. The number of hydrogen-bond donors (Lipinski definition) is 1. The highest BCUT2D eigenvalue weighted by molar-refractivity contribution is 6.09. The van der Waals surface area contributed by atoms with Gasteiger partial charge in [0.2, 0.25) is 0 Å². The first-order valence-corrected chi connectivity index (χ1v) is 8.20. The molecule has 7 heteroatoms. The molecule has 0 saturated carbocycles. The molecule has 138 valence electrons. The number of carbonyl (C=O) groups excluding carboxylic acids is 1. The fourth-order valence-corrected chi connectivity index (χ4v) is 3.32. The standard InChI is InChI=1S/C20H17NO6/c1-24-15-5-4-10(6-17(15)26-3)18-11-7-16(25-2)14(22)8-12(11)21-13-9-27-20(23)19(13)18/h4-8,22H,9H2,1-3H3. The van der Waals surface area contributed by atoms with Crippen molar-refractivity contribution >= 4 is 16.9 Å². The summed E-state index contributed by atoms with van der Waals surface area (Å²) in [5.74, 6) is 0.939. The van der Waals surface area contributed by atoms with Crippen molar-refractivity contribution in [3.63, 3.8) is 0 Å². The van der Waals surface area contributed by atoms with Gasteiger partial charge in [0.25, 0.3) is 0 Å². The lowest BCUT2D eigenvalue weighted by atomic mass is 9.94. The number of esters is 1. The van der Waals surface area contributed by atoms with E-state index in [4.69, 9.17) is 18.9 Å². The van der Waals surface area contributed by atoms with Crippen LogP contribution in [0, 0.1) is 0 Å². The topological polar surface area (TPSA) is 87.1 Å². The first-order chi connectivity index (χ1) is 13.1. The molecule has 1 aliphatic rings. The van der Waals surface area contributed by atoms with Crippen LogP contribution < -0.4 is 14.2 Å². The number of phenolic OH excluding ortho intramolecular Hbond substituents is 1. The van der Waals surface area contributed by atoms with Crippen molar-refractivity contribution in [2.24, 2.45) is 0 Å². The Morgan fingerprint density at radius 3 is 2.41 bits per heavy atom. The Labute approximate surface area is 155 Å². The summed E-state index contributed by atoms with van der Waals surface area (Å²) in [4.78, 5) is 16.9. The number of pyridine rings is 1. The minimum absolute atomic E-state index is 0.0269. The van der Waals surface area contributed by atoms with Gasteiger partial charge in [0, 0.05) is 17.0 Å². The Balaban J connectivity index is 2.09. The number of carbonyl (C=O) groups is 1. The molecule has 0 saturated heterocycles. The first-order valence-electron chi connectivity index (χ1n) is 8.20. The highest BCUT2D eigenvalue weighted by Gasteiger charge is 2.30. The highest BCUT2D eigenvalue weighted by atomic mass is 16.5. The summed E-state index contributed by atoms with van der Waals surface area (Å²) in [7, 11) is 4.57. The van der Waals surface area contributed by atoms with Gasteiger partial charge in [0.1, 0.15) is 6.61 Å². The van der Waals surface area contributed by atoms with Crippen molar-refractivity contribution in [2.45, 2.75) is 6.61 Å². The van der Waals surface area contributed by atoms with Gasteiger partial charge < -0.3 is 24.1 Å². The molecule has 2 heterocycles. The third kappa shape index (κ3) is 2.59. The summed E-state index contributed by atoms with van der Waals surface area (Å²) in [5.41, 5.74) is 2.86. The van der Waals surface area contributed by atoms with Gasteiger partial charge in [0.15, 0.2) is 23.0 Å². The smallest absolute Gasteiger partial charge is 0.341 e. The number of rotatable bonds is 4. The molecule has 0 spiro atoms. The van der Waals surface area contributed by atoms with Crippen LogP contribution in [-0.2, 0) is 11.3 Å². The van der Waals surface area contributed by atoms with Crippen LogP contribution in [0.5, 0.6) is 23.0 Å². The van der Waals surface area contributed by atoms with Crippen molar-refractivity contribution < 1.29 is 28.8 Å². The molecule has 7 nitrogen and oxygen atoms in total. The van der Waals surface area contributed by atoms with Crippen LogP contribution in [0.2, 0.25) is 0 Å². The van der Waals surface area contributed by atoms with Crippen LogP contribution in [0.1, 0.15) is 16.1 Å². The average Bonchev–Trinajstić information content (AvgIpc) is 3.05. The molecule has 1 aliphatic heterocycles. The Morgan fingerprint density at radius 1 is 0.963 bits per heavy atom. The van der Waals surface area contributed by atoms with Crippen LogP contribution in [0.3, 0.4) is 0 Å². The van der Waals surface area contributed by atoms with Crippen molar-refractivity contribution in [2.75, 3.05) is 21.3 Å². The number of aromatic nitrogens is 1. The zero-order chi connectivity index (χ0) is 19.1. The van der Waals surface area contributed by atoms with Crippen LogP contribution in [0.15, 0.2) is 30.3 Å². The lowest BCUT2D eigenvalue weighted by Gasteiger charge is -2.14. The van der Waals surface area contributed by atoms with E-state index in [1.165, 1.54) is 13.2 Å². The summed E-state index contributed by atoms with van der Waals surface area (Å²) < 4.78 is 21.1. The van der Waals surface area contributed by atoms with Crippen molar-refractivity contribution in [3.05, 3.63) is 41.6 Å². The van der Waals surface area contributed by atoms with Crippen molar-refractivity contribution in [3.8, 4) is 34.1 Å². The van der Waals surface area contributed by atoms with Crippen LogP contribution in [0.25, 0.3) is 22.0 Å². The van der Waals surface area contributed by atoms with Gasteiger partial charge >= 0.3 is 5.97 Å². The SMILES string of the molecule is COc1cc2c(-c3ccc(OC)c(OC)c3)c3c(nc2cc1O)COC3=O. The number of cyclic esters (lactones) is 1. The molecule has 1 N–H and O–H groups in total. The van der Waals surface area contributed by atoms with E-state index in [-0.39, 0.29) is 18.1 Å². The number of methoxy groups -OCH3 is 3. The van der Waals surface area contributed by atoms with E-state index in [0.29, 0.717) is 39.2 Å². The van der Waals surface area contributed by atoms with E-state index in [1.54, 1.807) is 32.4 Å². The van der Waals surface area contributed by atoms with E-state index in [9.17, 15) is 9.90 Å². The zero-order valence-electron chi connectivity index (χ0n) is 15.0. The second-order valence-electron chi connectivity index (χ2n) is 6.00. The fourth-order valence-electron chi connectivity index (χ4n) is 3.32. The minimum Gasteiger partial charge on any atom is -0.504 e. The number of phenols is 1. The Hall–Kier alpha value is -3.48. The van der Waals surface area contributed by atoms with Gasteiger partial charge in [-0.2, -0.15) is 0 Å². The van der Waals surface area contributed by atoms with Crippen molar-refractivity contribution in [1.82, 2.24) is 4.98 Å². The molecule has 1 aromatic heterocycles. The maximum absolute atomic E-state index is 12.4. The van der Waals surface area contributed by atoms with Crippen molar-refractivity contribution in [1.29, 1.82) is 0 Å². The summed E-state index contributed by atoms with van der Waals surface area (Å²) in [6.07, 6.45) is 0. The van der Waals surface area contributed by atoms with Crippen LogP contribution >= 0.6 is 0 Å². The van der Waals surface area contributed by atoms with E-state index in [2.05, 4.69) is 4.98 Å². The normalized spacial score (nSPS) is 12.6. The van der Waals surface area contributed by atoms with Gasteiger partial charge in [-0.1, -0.05) is 6.07 Å². The lowest BCUT2D eigenvalue weighted by molar-refractivity contribution is 0.0534. The number of aromatic hydroxyl groups is 1. The molecule has 0 radical (unpaired) electrons. The predicted molar refractivity (Wildman–Crippen MR) is 97.6 cm³/mol. The summed E-state index contributed by atoms with van der Waals surface area (Å²) in [6, 6.07) is 8.57. The van der Waals surface area contributed by atoms with E-state index in [0.717, 1.165) is 5.56 Å². The average molecular weight is 367 g/mol. The van der Waals surface area contributed by atoms with E-state index >= 15 is 0 Å². The molecule has 0 amide bonds. The molecule has 2 aromatic carbocycles. The Kier molecular flexibility index (Phi) is 3.99. The van der Waals surface area contributed by atoms with Gasteiger partial charge in [-0.25, -0.2) is 9.78 Å². The predicted octanol–water partition coefficient (Wildman–Crippen LogP) is 3.30. The molecule has 0 aliphatic carbocycles. The maximum Gasteiger partial charge on any atom is 0.341 e. The molecule has 3 aromatic rings. The molecular weight excluding hydrogens is 350 g/mol. The monoisotopic (exact) mass is 367 g/mol. The molecule has 4 rings (SSSR count). The van der Waals surface area contributed by atoms with Crippen LogP contribution in [0.4, 0.5) is 0 Å². The number of nitrogens with zero attached hydrogens (tertiary/aromatic N) is 1. The minimum atomic E-state index is -0.434. The quantitative estimate of drug-likeness (QED) is 0.708. The maximum atomic E-state index is 12.4. The van der Waals surface area contributed by atoms with E-state index < -0.39 is 5.97 Å². The highest BCUT2D eigenvalue weighted by Crippen LogP contribution is 2.42. The van der Waals surface area contributed by atoms with Gasteiger partial charge in [0.05, 0.1) is 38.1 Å². The molecule has 0 unspecified atom stereocenters. The van der Waals surface area contributed by atoms with Crippen LogP contribution in [-0.4, -0.2) is 37.4 Å². The third-order valence-corrected chi connectivity index (χ3v) is 4.58. The van der Waals surface area contributed by atoms with Gasteiger partial charge in [-0.15, -0.1) is 0 Å². The number of benzene rings is 2. The Bertz CT molecular complexity index is 1080. The van der Waals surface area contributed by atoms with Gasteiger partial charge in [-0.05, 0) is 23.8 Å². The summed E-state index contributed by atoms with van der Waals surface area (Å²) in [5, 5.41) is 10.8. The number of hydrogen-bond acceptors (Lipinski definition) is 7. The second kappa shape index (κ2) is 6.35. The molecule has 0 atom stereocenters. The second-order valence-corrected chi connectivity index (χ2v) is 6.00. The zero-order valence-corrected chi connectivity index (χ0v) is 15.0. The third-order valence-electron chi connectivity index (χ3n) is 4.58. The first kappa shape index (κ1) is 17.0. The number of fused-ring (bicyclic) bond motifs is 2. The molecule has 0 bridgehead atoms. The lowest BCUT2D eigenvalue weighted by Crippen LogP contribution is -2.01.